The van der Waals surface area contributed by atoms with Crippen molar-refractivity contribution in [2.75, 3.05) is 0 Å². The molecule has 0 radical (unpaired) electrons. The van der Waals surface area contributed by atoms with Gasteiger partial charge in [0.15, 0.2) is 0 Å². The van der Waals surface area contributed by atoms with Gasteiger partial charge in [0.25, 0.3) is 0 Å². The minimum absolute atomic E-state index is 0.172. The van der Waals surface area contributed by atoms with Crippen LogP contribution in [0.5, 0.6) is 0 Å². The zero-order chi connectivity index (χ0) is 14.7. The quantitative estimate of drug-likeness (QED) is 0.847. The summed E-state index contributed by atoms with van der Waals surface area (Å²) in [6, 6.07) is 5.75. The minimum atomic E-state index is -0.172. The normalized spacial score (nSPS) is 14.6. The summed E-state index contributed by atoms with van der Waals surface area (Å²) in [4.78, 5) is 4.43. The van der Waals surface area contributed by atoms with Gasteiger partial charge in [-0.2, -0.15) is 0 Å². The van der Waals surface area contributed by atoms with E-state index in [1.54, 1.807) is 12.1 Å². The summed E-state index contributed by atoms with van der Waals surface area (Å²) < 4.78 is 15.7. The number of benzene rings is 1. The van der Waals surface area contributed by atoms with Crippen LogP contribution in [0.3, 0.4) is 0 Å². The number of nitrogens with one attached hydrogen (secondary N) is 1. The highest BCUT2D eigenvalue weighted by Gasteiger charge is 2.20. The average molecular weight is 287 g/mol. The first-order valence-electron chi connectivity index (χ1n) is 7.77. The van der Waals surface area contributed by atoms with E-state index in [-0.39, 0.29) is 5.82 Å². The molecule has 1 N–H and O–H groups in total. The van der Waals surface area contributed by atoms with E-state index in [1.807, 2.05) is 18.5 Å². The second-order valence-corrected chi connectivity index (χ2v) is 5.78. The first-order valence-corrected chi connectivity index (χ1v) is 7.77. The van der Waals surface area contributed by atoms with Crippen LogP contribution in [-0.4, -0.2) is 15.6 Å². The van der Waals surface area contributed by atoms with Gasteiger partial charge >= 0.3 is 0 Å². The van der Waals surface area contributed by atoms with E-state index < -0.39 is 0 Å². The van der Waals surface area contributed by atoms with Crippen molar-refractivity contribution in [1.82, 2.24) is 14.9 Å². The summed E-state index contributed by atoms with van der Waals surface area (Å²) in [5.41, 5.74) is 2.21. The average Bonchev–Trinajstić information content (AvgIpc) is 3.20. The Morgan fingerprint density at radius 2 is 2.19 bits per heavy atom. The lowest BCUT2D eigenvalue weighted by Gasteiger charge is -2.12. The highest BCUT2D eigenvalue weighted by molar-refractivity contribution is 5.30. The number of aryl methyl sites for hydroxylation is 1. The van der Waals surface area contributed by atoms with Crippen LogP contribution in [0.2, 0.25) is 0 Å². The van der Waals surface area contributed by atoms with Crippen LogP contribution >= 0.6 is 0 Å². The molecule has 1 aliphatic rings. The van der Waals surface area contributed by atoms with Crippen molar-refractivity contribution in [3.8, 4) is 0 Å². The molecule has 0 spiro atoms. The van der Waals surface area contributed by atoms with Gasteiger partial charge in [-0.3, -0.25) is 0 Å². The Hall–Kier alpha value is -1.68. The number of nitrogens with zero attached hydrogens (tertiary/aromatic N) is 2. The topological polar surface area (TPSA) is 29.9 Å². The molecule has 1 aromatic heterocycles. The molecule has 4 heteroatoms. The van der Waals surface area contributed by atoms with Crippen molar-refractivity contribution < 1.29 is 4.39 Å². The predicted octanol–water partition coefficient (Wildman–Crippen LogP) is 3.28. The third kappa shape index (κ3) is 3.70. The molecule has 112 valence electrons. The molecular weight excluding hydrogens is 265 g/mol. The molecule has 1 saturated carbocycles. The maximum Gasteiger partial charge on any atom is 0.123 e. The summed E-state index contributed by atoms with van der Waals surface area (Å²) in [7, 11) is 0. The van der Waals surface area contributed by atoms with Crippen molar-refractivity contribution in [3.63, 3.8) is 0 Å². The molecule has 1 fully saturated rings. The SMILES string of the molecule is CCCn1ccnc1Cc1cc(F)ccc1CNC1CC1. The second kappa shape index (κ2) is 6.39. The Morgan fingerprint density at radius 1 is 1.33 bits per heavy atom. The van der Waals surface area contributed by atoms with Gasteiger partial charge in [0, 0.05) is 37.9 Å². The smallest absolute Gasteiger partial charge is 0.123 e. The lowest BCUT2D eigenvalue weighted by molar-refractivity contribution is 0.617. The molecule has 0 atom stereocenters. The van der Waals surface area contributed by atoms with Crippen LogP contribution < -0.4 is 5.32 Å². The standard InChI is InChI=1S/C17H22FN3/c1-2-8-21-9-7-19-17(21)11-14-10-15(18)4-3-13(14)12-20-16-5-6-16/h3-4,7,9-10,16,20H,2,5-6,8,11-12H2,1H3. The Morgan fingerprint density at radius 3 is 2.95 bits per heavy atom. The van der Waals surface area contributed by atoms with E-state index in [9.17, 15) is 4.39 Å². The van der Waals surface area contributed by atoms with Gasteiger partial charge in [-0.05, 0) is 42.5 Å². The van der Waals surface area contributed by atoms with Gasteiger partial charge in [-0.1, -0.05) is 13.0 Å². The Kier molecular flexibility index (Phi) is 4.34. The molecule has 1 heterocycles. The van der Waals surface area contributed by atoms with Crippen molar-refractivity contribution in [1.29, 1.82) is 0 Å². The van der Waals surface area contributed by atoms with Gasteiger partial charge in [0.1, 0.15) is 11.6 Å². The maximum absolute atomic E-state index is 13.6. The van der Waals surface area contributed by atoms with Crippen LogP contribution in [-0.2, 0) is 19.5 Å². The summed E-state index contributed by atoms with van der Waals surface area (Å²) in [6.45, 7) is 3.92. The van der Waals surface area contributed by atoms with E-state index in [0.29, 0.717) is 12.5 Å². The third-order valence-corrected chi connectivity index (χ3v) is 3.94. The first kappa shape index (κ1) is 14.3. The van der Waals surface area contributed by atoms with E-state index in [1.165, 1.54) is 18.4 Å². The number of rotatable bonds is 7. The first-order chi connectivity index (χ1) is 10.3. The monoisotopic (exact) mass is 287 g/mol. The summed E-state index contributed by atoms with van der Waals surface area (Å²) in [5, 5.41) is 3.50. The van der Waals surface area contributed by atoms with Crippen molar-refractivity contribution in [3.05, 3.63) is 53.4 Å². The minimum Gasteiger partial charge on any atom is -0.335 e. The molecule has 0 aliphatic heterocycles. The summed E-state index contributed by atoms with van der Waals surface area (Å²) in [6.07, 6.45) is 8.11. The second-order valence-electron chi connectivity index (χ2n) is 5.78. The Bertz CT molecular complexity index is 602. The number of imidazole rings is 1. The predicted molar refractivity (Wildman–Crippen MR) is 81.6 cm³/mol. The van der Waals surface area contributed by atoms with Crippen LogP contribution in [0, 0.1) is 5.82 Å². The largest absolute Gasteiger partial charge is 0.335 e. The van der Waals surface area contributed by atoms with Crippen molar-refractivity contribution in [2.24, 2.45) is 0 Å². The highest BCUT2D eigenvalue weighted by Crippen LogP contribution is 2.21. The van der Waals surface area contributed by atoms with Gasteiger partial charge in [0.2, 0.25) is 0 Å². The molecule has 2 aromatic rings. The van der Waals surface area contributed by atoms with Crippen LogP contribution in [0.4, 0.5) is 4.39 Å². The Balaban J connectivity index is 1.78. The van der Waals surface area contributed by atoms with Gasteiger partial charge in [-0.15, -0.1) is 0 Å². The van der Waals surface area contributed by atoms with Crippen LogP contribution in [0.1, 0.15) is 43.1 Å². The summed E-state index contributed by atoms with van der Waals surface area (Å²) in [5.74, 6) is 0.837. The van der Waals surface area contributed by atoms with E-state index in [4.69, 9.17) is 0 Å². The van der Waals surface area contributed by atoms with E-state index in [2.05, 4.69) is 21.8 Å². The molecule has 0 amide bonds. The molecule has 0 bridgehead atoms. The molecule has 0 unspecified atom stereocenters. The molecule has 21 heavy (non-hydrogen) atoms. The summed E-state index contributed by atoms with van der Waals surface area (Å²) >= 11 is 0. The van der Waals surface area contributed by atoms with Crippen molar-refractivity contribution in [2.45, 2.75) is 51.7 Å². The number of hydrogen-bond donors (Lipinski definition) is 1. The molecule has 3 rings (SSSR count). The van der Waals surface area contributed by atoms with E-state index >= 15 is 0 Å². The molecule has 0 saturated heterocycles. The number of aromatic nitrogens is 2. The molecule has 1 aromatic carbocycles. The fourth-order valence-electron chi connectivity index (χ4n) is 2.60. The zero-order valence-corrected chi connectivity index (χ0v) is 12.5. The van der Waals surface area contributed by atoms with E-state index in [0.717, 1.165) is 30.9 Å². The fourth-order valence-corrected chi connectivity index (χ4v) is 2.60. The lowest BCUT2D eigenvalue weighted by atomic mass is 10.0. The van der Waals surface area contributed by atoms with Crippen molar-refractivity contribution >= 4 is 0 Å². The number of halogens is 1. The highest BCUT2D eigenvalue weighted by atomic mass is 19.1. The molecule has 3 nitrogen and oxygen atoms in total. The van der Waals surface area contributed by atoms with Crippen LogP contribution in [0.25, 0.3) is 0 Å². The zero-order valence-electron chi connectivity index (χ0n) is 12.5. The molecule has 1 aliphatic carbocycles. The van der Waals surface area contributed by atoms with Gasteiger partial charge in [-0.25, -0.2) is 9.37 Å². The fraction of sp³-hybridized carbons (Fsp3) is 0.471. The Labute approximate surface area is 125 Å². The van der Waals surface area contributed by atoms with Crippen LogP contribution in [0.15, 0.2) is 30.6 Å². The third-order valence-electron chi connectivity index (χ3n) is 3.94. The van der Waals surface area contributed by atoms with Gasteiger partial charge < -0.3 is 9.88 Å². The molecular formula is C17H22FN3. The number of hydrogen-bond acceptors (Lipinski definition) is 2. The lowest BCUT2D eigenvalue weighted by Crippen LogP contribution is -2.17. The maximum atomic E-state index is 13.6. The van der Waals surface area contributed by atoms with Gasteiger partial charge in [0.05, 0.1) is 0 Å².